The van der Waals surface area contributed by atoms with Crippen LogP contribution in [0, 0.1) is 6.92 Å². The van der Waals surface area contributed by atoms with Gasteiger partial charge in [0, 0.05) is 24.9 Å². The minimum absolute atomic E-state index is 0.153. The summed E-state index contributed by atoms with van der Waals surface area (Å²) in [6, 6.07) is 8.71. The van der Waals surface area contributed by atoms with Gasteiger partial charge < -0.3 is 15.0 Å². The topological polar surface area (TPSA) is 40.2 Å². The molecule has 0 saturated heterocycles. The Labute approximate surface area is 126 Å². The zero-order valence-electron chi connectivity index (χ0n) is 12.9. The summed E-state index contributed by atoms with van der Waals surface area (Å²) in [6.07, 6.45) is 7.65. The molecule has 1 aromatic carbocycles. The molecule has 3 rings (SSSR count). The third-order valence-electron chi connectivity index (χ3n) is 4.17. The van der Waals surface area contributed by atoms with Crippen LogP contribution < -0.4 is 10.5 Å². The van der Waals surface area contributed by atoms with Crippen LogP contribution in [0.2, 0.25) is 0 Å². The zero-order valence-corrected chi connectivity index (χ0v) is 12.9. The van der Waals surface area contributed by atoms with E-state index in [1.165, 1.54) is 16.7 Å². The molecule has 1 aliphatic rings. The van der Waals surface area contributed by atoms with Gasteiger partial charge >= 0.3 is 0 Å². The van der Waals surface area contributed by atoms with Crippen molar-refractivity contribution in [2.75, 3.05) is 0 Å². The minimum atomic E-state index is 0.153. The Balaban J connectivity index is 1.64. The summed E-state index contributed by atoms with van der Waals surface area (Å²) < 4.78 is 8.23. The Hall–Kier alpha value is -1.74. The number of aromatic nitrogens is 1. The summed E-state index contributed by atoms with van der Waals surface area (Å²) in [4.78, 5) is 0. The van der Waals surface area contributed by atoms with Crippen LogP contribution in [0.25, 0.3) is 0 Å². The van der Waals surface area contributed by atoms with Crippen LogP contribution in [-0.4, -0.2) is 10.7 Å². The summed E-state index contributed by atoms with van der Waals surface area (Å²) in [5.74, 6) is 1.04. The third kappa shape index (κ3) is 3.13. The highest BCUT2D eigenvalue weighted by atomic mass is 16.5. The van der Waals surface area contributed by atoms with Crippen LogP contribution in [0.1, 0.15) is 42.5 Å². The van der Waals surface area contributed by atoms with E-state index in [0.29, 0.717) is 0 Å². The van der Waals surface area contributed by atoms with Gasteiger partial charge in [0.2, 0.25) is 0 Å². The number of benzene rings is 1. The normalized spacial score (nSPS) is 18.3. The van der Waals surface area contributed by atoms with Crippen LogP contribution in [0.4, 0.5) is 0 Å². The molecule has 21 heavy (non-hydrogen) atoms. The molecule has 0 saturated carbocycles. The fraction of sp³-hybridized carbons (Fsp3) is 0.444. The van der Waals surface area contributed by atoms with E-state index in [0.717, 1.165) is 31.6 Å². The van der Waals surface area contributed by atoms with E-state index >= 15 is 0 Å². The fourth-order valence-corrected chi connectivity index (χ4v) is 3.06. The highest BCUT2D eigenvalue weighted by Gasteiger charge is 2.23. The summed E-state index contributed by atoms with van der Waals surface area (Å²) in [7, 11) is 0. The van der Waals surface area contributed by atoms with Crippen molar-refractivity contribution in [2.24, 2.45) is 5.73 Å². The lowest BCUT2D eigenvalue weighted by Crippen LogP contribution is -2.20. The first-order valence-electron chi connectivity index (χ1n) is 7.83. The van der Waals surface area contributed by atoms with Gasteiger partial charge in [-0.2, -0.15) is 0 Å². The summed E-state index contributed by atoms with van der Waals surface area (Å²) >= 11 is 0. The molecular weight excluding hydrogens is 260 g/mol. The monoisotopic (exact) mass is 284 g/mol. The quantitative estimate of drug-likeness (QED) is 0.911. The summed E-state index contributed by atoms with van der Waals surface area (Å²) in [5.41, 5.74) is 10.0. The van der Waals surface area contributed by atoms with Crippen molar-refractivity contribution in [2.45, 2.75) is 51.8 Å². The van der Waals surface area contributed by atoms with Gasteiger partial charge in [0.1, 0.15) is 11.9 Å². The SMILES string of the molecule is CCCC(N)c1ccn(CC2Cc3cc(C)ccc3O2)c1. The van der Waals surface area contributed by atoms with E-state index in [1.54, 1.807) is 0 Å². The highest BCUT2D eigenvalue weighted by Crippen LogP contribution is 2.30. The lowest BCUT2D eigenvalue weighted by Gasteiger charge is -2.12. The largest absolute Gasteiger partial charge is 0.488 e. The van der Waals surface area contributed by atoms with Gasteiger partial charge in [-0.15, -0.1) is 0 Å². The Morgan fingerprint density at radius 1 is 1.38 bits per heavy atom. The first-order chi connectivity index (χ1) is 10.2. The van der Waals surface area contributed by atoms with Crippen molar-refractivity contribution in [1.29, 1.82) is 0 Å². The smallest absolute Gasteiger partial charge is 0.123 e. The van der Waals surface area contributed by atoms with Gasteiger partial charge in [0.25, 0.3) is 0 Å². The van der Waals surface area contributed by atoms with Crippen molar-refractivity contribution >= 4 is 0 Å². The number of nitrogens with two attached hydrogens (primary N) is 1. The predicted octanol–water partition coefficient (Wildman–Crippen LogP) is 3.60. The molecule has 3 nitrogen and oxygen atoms in total. The Bertz CT molecular complexity index is 617. The van der Waals surface area contributed by atoms with E-state index in [4.69, 9.17) is 10.5 Å². The van der Waals surface area contributed by atoms with E-state index in [2.05, 4.69) is 55.1 Å². The van der Waals surface area contributed by atoms with Gasteiger partial charge in [0.05, 0.1) is 6.54 Å². The average molecular weight is 284 g/mol. The molecule has 2 heterocycles. The van der Waals surface area contributed by atoms with Crippen molar-refractivity contribution in [3.8, 4) is 5.75 Å². The molecule has 0 aliphatic carbocycles. The average Bonchev–Trinajstić information content (AvgIpc) is 3.05. The second-order valence-electron chi connectivity index (χ2n) is 6.09. The maximum atomic E-state index is 6.17. The van der Waals surface area contributed by atoms with Crippen LogP contribution in [0.3, 0.4) is 0 Å². The minimum Gasteiger partial charge on any atom is -0.488 e. The maximum Gasteiger partial charge on any atom is 0.123 e. The van der Waals surface area contributed by atoms with E-state index in [1.807, 2.05) is 0 Å². The van der Waals surface area contributed by atoms with Crippen molar-refractivity contribution in [1.82, 2.24) is 4.57 Å². The first-order valence-corrected chi connectivity index (χ1v) is 7.83. The number of rotatable bonds is 5. The molecule has 0 bridgehead atoms. The Kier molecular flexibility index (Phi) is 4.02. The molecule has 2 unspecified atom stereocenters. The lowest BCUT2D eigenvalue weighted by atomic mass is 10.1. The third-order valence-corrected chi connectivity index (χ3v) is 4.17. The van der Waals surface area contributed by atoms with Gasteiger partial charge in [-0.05, 0) is 36.6 Å². The lowest BCUT2D eigenvalue weighted by molar-refractivity contribution is 0.209. The van der Waals surface area contributed by atoms with Gasteiger partial charge in [-0.1, -0.05) is 31.0 Å². The summed E-state index contributed by atoms with van der Waals surface area (Å²) in [5, 5.41) is 0. The number of hydrogen-bond acceptors (Lipinski definition) is 2. The second-order valence-corrected chi connectivity index (χ2v) is 6.09. The van der Waals surface area contributed by atoms with Gasteiger partial charge in [-0.25, -0.2) is 0 Å². The predicted molar refractivity (Wildman–Crippen MR) is 85.6 cm³/mol. The van der Waals surface area contributed by atoms with E-state index in [-0.39, 0.29) is 12.1 Å². The van der Waals surface area contributed by atoms with E-state index < -0.39 is 0 Å². The standard InChI is InChI=1S/C18H24N2O/c1-3-4-17(19)14-7-8-20(11-14)12-16-10-15-9-13(2)5-6-18(15)21-16/h5-9,11,16-17H,3-4,10,12,19H2,1-2H3. The molecule has 0 spiro atoms. The second kappa shape index (κ2) is 5.94. The van der Waals surface area contributed by atoms with Gasteiger partial charge in [-0.3, -0.25) is 0 Å². The van der Waals surface area contributed by atoms with Crippen molar-refractivity contribution in [3.05, 3.63) is 53.3 Å². The molecule has 0 fully saturated rings. The van der Waals surface area contributed by atoms with E-state index in [9.17, 15) is 0 Å². The summed E-state index contributed by atoms with van der Waals surface area (Å²) in [6.45, 7) is 5.18. The van der Waals surface area contributed by atoms with Crippen LogP contribution in [0.5, 0.6) is 5.75 Å². The molecule has 2 aromatic rings. The zero-order chi connectivity index (χ0) is 14.8. The molecule has 2 atom stereocenters. The fourth-order valence-electron chi connectivity index (χ4n) is 3.06. The molecule has 1 aliphatic heterocycles. The molecule has 0 amide bonds. The van der Waals surface area contributed by atoms with Crippen LogP contribution in [-0.2, 0) is 13.0 Å². The molecule has 112 valence electrons. The molecular formula is C18H24N2O. The van der Waals surface area contributed by atoms with Crippen molar-refractivity contribution in [3.63, 3.8) is 0 Å². The Morgan fingerprint density at radius 3 is 3.05 bits per heavy atom. The highest BCUT2D eigenvalue weighted by molar-refractivity contribution is 5.40. The number of hydrogen-bond donors (Lipinski definition) is 1. The molecule has 0 radical (unpaired) electrons. The molecule has 1 aromatic heterocycles. The Morgan fingerprint density at radius 2 is 2.24 bits per heavy atom. The first kappa shape index (κ1) is 14.2. The number of ether oxygens (including phenoxy) is 1. The number of fused-ring (bicyclic) bond motifs is 1. The number of nitrogens with zero attached hydrogens (tertiary/aromatic N) is 1. The number of aryl methyl sites for hydroxylation is 1. The van der Waals surface area contributed by atoms with Crippen molar-refractivity contribution < 1.29 is 4.74 Å². The molecule has 2 N–H and O–H groups in total. The van der Waals surface area contributed by atoms with Gasteiger partial charge in [0.15, 0.2) is 0 Å². The molecule has 3 heteroatoms. The van der Waals surface area contributed by atoms with Crippen LogP contribution >= 0.6 is 0 Å². The van der Waals surface area contributed by atoms with Crippen LogP contribution in [0.15, 0.2) is 36.7 Å². The maximum absolute atomic E-state index is 6.17.